The van der Waals surface area contributed by atoms with Gasteiger partial charge in [-0.2, -0.15) is 0 Å². The summed E-state index contributed by atoms with van der Waals surface area (Å²) in [5, 5.41) is 11.2. The molecular weight excluding hydrogens is 408 g/mol. The summed E-state index contributed by atoms with van der Waals surface area (Å²) in [6.07, 6.45) is 2.17. The van der Waals surface area contributed by atoms with Gasteiger partial charge in [-0.25, -0.2) is 0 Å². The molecule has 1 amide bonds. The van der Waals surface area contributed by atoms with Gasteiger partial charge < -0.3 is 19.5 Å². The first kappa shape index (κ1) is 23.5. The molecule has 0 radical (unpaired) electrons. The van der Waals surface area contributed by atoms with E-state index >= 15 is 0 Å². The zero-order chi connectivity index (χ0) is 23.3. The van der Waals surface area contributed by atoms with Gasteiger partial charge in [0.25, 0.3) is 11.7 Å². The number of amides is 1. The number of aromatic nitrogens is 1. The van der Waals surface area contributed by atoms with Crippen LogP contribution in [0.1, 0.15) is 56.0 Å². The van der Waals surface area contributed by atoms with Crippen molar-refractivity contribution in [1.29, 1.82) is 0 Å². The van der Waals surface area contributed by atoms with E-state index in [2.05, 4.69) is 4.98 Å². The second-order valence-electron chi connectivity index (χ2n) is 7.93. The monoisotopic (exact) mass is 438 g/mol. The summed E-state index contributed by atoms with van der Waals surface area (Å²) in [4.78, 5) is 31.8. The van der Waals surface area contributed by atoms with Crippen LogP contribution >= 0.6 is 0 Å². The van der Waals surface area contributed by atoms with E-state index in [1.165, 1.54) is 4.90 Å². The molecule has 0 aliphatic carbocycles. The maximum atomic E-state index is 13.0. The van der Waals surface area contributed by atoms with E-state index in [1.807, 2.05) is 26.8 Å². The summed E-state index contributed by atoms with van der Waals surface area (Å²) in [5.74, 6) is -0.685. The van der Waals surface area contributed by atoms with Crippen LogP contribution in [0.25, 0.3) is 5.76 Å². The Morgan fingerprint density at radius 2 is 2.00 bits per heavy atom. The Labute approximate surface area is 188 Å². The number of ketones is 1. The number of likely N-dealkylation sites (tertiary alicyclic amines) is 1. The van der Waals surface area contributed by atoms with Gasteiger partial charge in [-0.3, -0.25) is 14.6 Å². The average Bonchev–Trinajstić information content (AvgIpc) is 3.04. The van der Waals surface area contributed by atoms with Gasteiger partial charge in [0.1, 0.15) is 17.6 Å². The zero-order valence-corrected chi connectivity index (χ0v) is 19.0. The maximum Gasteiger partial charge on any atom is 0.295 e. The Balaban J connectivity index is 2.12. The quantitative estimate of drug-likeness (QED) is 0.275. The van der Waals surface area contributed by atoms with Crippen LogP contribution in [0, 0.1) is 0 Å². The number of pyridine rings is 1. The molecule has 1 unspecified atom stereocenters. The van der Waals surface area contributed by atoms with E-state index in [-0.39, 0.29) is 17.3 Å². The van der Waals surface area contributed by atoms with Gasteiger partial charge >= 0.3 is 0 Å². The van der Waals surface area contributed by atoms with E-state index in [9.17, 15) is 14.7 Å². The van der Waals surface area contributed by atoms with Crippen molar-refractivity contribution in [1.82, 2.24) is 9.88 Å². The topological polar surface area (TPSA) is 89.0 Å². The van der Waals surface area contributed by atoms with E-state index in [1.54, 1.807) is 43.6 Å². The average molecular weight is 439 g/mol. The molecule has 1 aromatic heterocycles. The Morgan fingerprint density at radius 3 is 2.62 bits per heavy atom. The van der Waals surface area contributed by atoms with E-state index in [4.69, 9.17) is 9.47 Å². The van der Waals surface area contributed by atoms with Crippen molar-refractivity contribution in [2.75, 3.05) is 26.9 Å². The maximum absolute atomic E-state index is 13.0. The first-order chi connectivity index (χ1) is 15.4. The van der Waals surface area contributed by atoms with Crippen LogP contribution in [0.3, 0.4) is 0 Å². The third-order valence-electron chi connectivity index (χ3n) is 5.46. The van der Waals surface area contributed by atoms with Crippen LogP contribution in [-0.2, 0) is 14.3 Å². The second kappa shape index (κ2) is 10.4. The second-order valence-corrected chi connectivity index (χ2v) is 7.93. The van der Waals surface area contributed by atoms with E-state index < -0.39 is 17.7 Å². The fraction of sp³-hybridized carbons (Fsp3) is 0.400. The molecule has 7 heteroatoms. The highest BCUT2D eigenvalue weighted by Crippen LogP contribution is 2.39. The van der Waals surface area contributed by atoms with Crippen LogP contribution in [0.2, 0.25) is 0 Å². The number of hydrogen-bond acceptors (Lipinski definition) is 6. The number of benzene rings is 1. The Hall–Kier alpha value is -3.19. The zero-order valence-electron chi connectivity index (χ0n) is 19.0. The summed E-state index contributed by atoms with van der Waals surface area (Å²) in [6.45, 7) is 7.27. The third kappa shape index (κ3) is 4.67. The van der Waals surface area contributed by atoms with Crippen molar-refractivity contribution >= 4 is 17.4 Å². The summed E-state index contributed by atoms with van der Waals surface area (Å²) >= 11 is 0. The molecule has 0 saturated carbocycles. The van der Waals surface area contributed by atoms with Crippen molar-refractivity contribution in [2.24, 2.45) is 0 Å². The van der Waals surface area contributed by atoms with Crippen molar-refractivity contribution in [3.63, 3.8) is 0 Å². The minimum atomic E-state index is -0.762. The largest absolute Gasteiger partial charge is 0.507 e. The molecule has 1 aliphatic rings. The molecule has 2 heterocycles. The van der Waals surface area contributed by atoms with Gasteiger partial charge in [-0.1, -0.05) is 19.9 Å². The number of nitrogens with zero attached hydrogens (tertiary/aromatic N) is 2. The molecule has 170 valence electrons. The van der Waals surface area contributed by atoms with Crippen LogP contribution in [0.4, 0.5) is 0 Å². The Morgan fingerprint density at radius 1 is 1.22 bits per heavy atom. The summed E-state index contributed by atoms with van der Waals surface area (Å²) in [7, 11) is 1.59. The van der Waals surface area contributed by atoms with Crippen LogP contribution in [-0.4, -0.2) is 53.5 Å². The highest BCUT2D eigenvalue weighted by atomic mass is 16.5. The number of carbonyl (C=O) groups excluding carboxylic acids is 2. The summed E-state index contributed by atoms with van der Waals surface area (Å²) in [6, 6.07) is 9.87. The first-order valence-electron chi connectivity index (χ1n) is 10.9. The predicted octanol–water partition coefficient (Wildman–Crippen LogP) is 4.06. The lowest BCUT2D eigenvalue weighted by Crippen LogP contribution is -2.31. The minimum Gasteiger partial charge on any atom is -0.507 e. The molecule has 1 fully saturated rings. The van der Waals surface area contributed by atoms with Gasteiger partial charge in [0, 0.05) is 32.0 Å². The SMILES string of the molecule is CCOc1ccc(/C(O)=C2/C(=O)C(=O)N(CCCOC)C2c2ccccn2)cc1C(C)C. The van der Waals surface area contributed by atoms with E-state index in [0.29, 0.717) is 37.4 Å². The highest BCUT2D eigenvalue weighted by molar-refractivity contribution is 6.46. The number of rotatable bonds is 9. The highest BCUT2D eigenvalue weighted by Gasteiger charge is 2.46. The summed E-state index contributed by atoms with van der Waals surface area (Å²) in [5.41, 5.74) is 1.96. The lowest BCUT2D eigenvalue weighted by molar-refractivity contribution is -0.140. The normalized spacial score (nSPS) is 17.9. The number of aliphatic hydroxyl groups excluding tert-OH is 1. The lowest BCUT2D eigenvalue weighted by atomic mass is 9.94. The van der Waals surface area contributed by atoms with Crippen LogP contribution in [0.15, 0.2) is 48.2 Å². The minimum absolute atomic E-state index is 0.0463. The van der Waals surface area contributed by atoms with E-state index in [0.717, 1.165) is 11.3 Å². The van der Waals surface area contributed by atoms with Gasteiger partial charge in [0.05, 0.1) is 17.9 Å². The van der Waals surface area contributed by atoms with Crippen LogP contribution in [0.5, 0.6) is 5.75 Å². The number of ether oxygens (including phenoxy) is 2. The smallest absolute Gasteiger partial charge is 0.295 e. The molecule has 1 atom stereocenters. The van der Waals surface area contributed by atoms with Gasteiger partial charge in [-0.05, 0) is 55.2 Å². The van der Waals surface area contributed by atoms with Gasteiger partial charge in [-0.15, -0.1) is 0 Å². The molecule has 0 spiro atoms. The van der Waals surface area contributed by atoms with Crippen molar-refractivity contribution in [3.8, 4) is 5.75 Å². The molecule has 32 heavy (non-hydrogen) atoms. The standard InChI is InChI=1S/C25H30N2O5/c1-5-32-20-11-10-17(15-18(20)16(2)3)23(28)21-22(19-9-6-7-12-26-19)27(13-8-14-31-4)25(30)24(21)29/h6-7,9-12,15-16,22,28H,5,8,13-14H2,1-4H3/b23-21-. The molecule has 1 aliphatic heterocycles. The number of Topliss-reactive ketones (excluding diaryl/α,β-unsaturated/α-hetero) is 1. The first-order valence-corrected chi connectivity index (χ1v) is 10.9. The number of carbonyl (C=O) groups is 2. The fourth-order valence-corrected chi connectivity index (χ4v) is 3.92. The predicted molar refractivity (Wildman–Crippen MR) is 121 cm³/mol. The van der Waals surface area contributed by atoms with Crippen molar-refractivity contribution in [3.05, 3.63) is 65.0 Å². The number of methoxy groups -OCH3 is 1. The van der Waals surface area contributed by atoms with Crippen molar-refractivity contribution < 1.29 is 24.2 Å². The third-order valence-corrected chi connectivity index (χ3v) is 5.46. The lowest BCUT2D eigenvalue weighted by Gasteiger charge is -2.24. The molecule has 7 nitrogen and oxygen atoms in total. The number of aliphatic hydroxyl groups is 1. The summed E-state index contributed by atoms with van der Waals surface area (Å²) < 4.78 is 10.8. The van der Waals surface area contributed by atoms with Crippen LogP contribution < -0.4 is 4.74 Å². The molecule has 1 aromatic carbocycles. The van der Waals surface area contributed by atoms with Crippen molar-refractivity contribution in [2.45, 2.75) is 39.2 Å². The molecule has 1 N–H and O–H groups in total. The Kier molecular flexibility index (Phi) is 7.64. The molecule has 0 bridgehead atoms. The fourth-order valence-electron chi connectivity index (χ4n) is 3.92. The molecule has 3 rings (SSSR count). The number of hydrogen-bond donors (Lipinski definition) is 1. The molecule has 1 saturated heterocycles. The van der Waals surface area contributed by atoms with Gasteiger partial charge in [0.15, 0.2) is 0 Å². The molecule has 2 aromatic rings. The van der Waals surface area contributed by atoms with Gasteiger partial charge in [0.2, 0.25) is 0 Å². The molecular formula is C25H30N2O5. The Bertz CT molecular complexity index is 1000.